The molecule has 5 aliphatic rings. The summed E-state index contributed by atoms with van der Waals surface area (Å²) in [6.45, 7) is 4.85. The van der Waals surface area contributed by atoms with Crippen molar-refractivity contribution in [1.82, 2.24) is 19.5 Å². The highest BCUT2D eigenvalue weighted by atomic mass is 32.2. The molecule has 1 aliphatic heterocycles. The molecular weight excluding hydrogens is 617 g/mol. The van der Waals surface area contributed by atoms with E-state index in [2.05, 4.69) is 61.3 Å². The van der Waals surface area contributed by atoms with Gasteiger partial charge in [-0.25, -0.2) is 9.97 Å². The lowest BCUT2D eigenvalue weighted by molar-refractivity contribution is -0.0710. The van der Waals surface area contributed by atoms with Crippen LogP contribution in [0.2, 0.25) is 0 Å². The van der Waals surface area contributed by atoms with Crippen LogP contribution in [0.3, 0.4) is 0 Å². The van der Waals surface area contributed by atoms with Gasteiger partial charge in [-0.2, -0.15) is 0 Å². The molecule has 0 radical (unpaired) electrons. The average molecular weight is 661 g/mol. The second-order valence-corrected chi connectivity index (χ2v) is 16.7. The number of thioether (sulfide) groups is 1. The maximum Gasteiger partial charge on any atom is 0.258 e. The highest BCUT2D eigenvalue weighted by Crippen LogP contribution is 2.51. The number of benzene rings is 2. The minimum Gasteiger partial charge on any atom is -0.375 e. The third-order valence-electron chi connectivity index (χ3n) is 12.2. The molecule has 4 aliphatic carbocycles. The monoisotopic (exact) mass is 660 g/mol. The summed E-state index contributed by atoms with van der Waals surface area (Å²) in [7, 11) is 0. The Bertz CT molecular complexity index is 2050. The molecule has 0 unspecified atom stereocenters. The summed E-state index contributed by atoms with van der Waals surface area (Å²) in [5.41, 5.74) is 7.74. The number of hydrogen-bond acceptors (Lipinski definition) is 6. The standard InChI is InChI=1S/C40H44N4O3S/c1-38(2)23-27(15-20-47-38)44-36(46)32-34(29-14-6-4-12-26(29)22-40(32)18-9-10-19-40)43-37(44)48-24-30-41-33-28-13-5-3-11-25(28)21-39(16-7-8-17-39)31(33)35(45)42-30/h3-6,11-14,27H,7-10,15-24H2,1-2H3,(H,41,42,45)/t27-/m0/s1. The van der Waals surface area contributed by atoms with E-state index in [4.69, 9.17) is 14.7 Å². The molecule has 2 spiro atoms. The number of nitrogens with one attached hydrogen (secondary N) is 1. The first-order valence-electron chi connectivity index (χ1n) is 18.0. The number of nitrogens with zero attached hydrogens (tertiary/aromatic N) is 3. The van der Waals surface area contributed by atoms with Crippen molar-refractivity contribution >= 4 is 11.8 Å². The van der Waals surface area contributed by atoms with Gasteiger partial charge in [-0.15, -0.1) is 0 Å². The molecule has 1 atom stereocenters. The van der Waals surface area contributed by atoms with Gasteiger partial charge in [0.05, 0.1) is 33.9 Å². The highest BCUT2D eigenvalue weighted by molar-refractivity contribution is 7.98. The van der Waals surface area contributed by atoms with Gasteiger partial charge >= 0.3 is 0 Å². The number of rotatable bonds is 4. The summed E-state index contributed by atoms with van der Waals surface area (Å²) in [6, 6.07) is 17.0. The Balaban J connectivity index is 1.17. The molecule has 248 valence electrons. The van der Waals surface area contributed by atoms with Crippen molar-refractivity contribution in [2.45, 2.75) is 124 Å². The molecular formula is C40H44N4O3S. The number of aromatic amines is 1. The average Bonchev–Trinajstić information content (AvgIpc) is 3.73. The molecule has 2 saturated carbocycles. The number of aromatic nitrogens is 4. The Kier molecular flexibility index (Phi) is 7.18. The summed E-state index contributed by atoms with van der Waals surface area (Å²) < 4.78 is 8.14. The fourth-order valence-electron chi connectivity index (χ4n) is 10.1. The van der Waals surface area contributed by atoms with E-state index in [-0.39, 0.29) is 33.6 Å². The van der Waals surface area contributed by atoms with Crippen molar-refractivity contribution in [3.63, 3.8) is 0 Å². The summed E-state index contributed by atoms with van der Waals surface area (Å²) in [6.07, 6.45) is 12.0. The van der Waals surface area contributed by atoms with Crippen LogP contribution in [0.15, 0.2) is 63.3 Å². The molecule has 1 N–H and O–H groups in total. The Morgan fingerprint density at radius 2 is 1.42 bits per heavy atom. The van der Waals surface area contributed by atoms with Crippen LogP contribution in [-0.2, 0) is 34.2 Å². The second kappa shape index (κ2) is 11.3. The smallest absolute Gasteiger partial charge is 0.258 e. The number of fused-ring (bicyclic) bond motifs is 8. The molecule has 0 bridgehead atoms. The van der Waals surface area contributed by atoms with Gasteiger partial charge < -0.3 is 9.72 Å². The normalized spacial score (nSPS) is 22.7. The quantitative estimate of drug-likeness (QED) is 0.177. The van der Waals surface area contributed by atoms with Crippen molar-refractivity contribution in [2.24, 2.45) is 0 Å². The van der Waals surface area contributed by atoms with E-state index in [9.17, 15) is 4.79 Å². The molecule has 1 saturated heterocycles. The molecule has 48 heavy (non-hydrogen) atoms. The zero-order valence-electron chi connectivity index (χ0n) is 28.1. The minimum absolute atomic E-state index is 0.00826. The molecule has 0 amide bonds. The van der Waals surface area contributed by atoms with Gasteiger partial charge in [0.25, 0.3) is 11.1 Å². The first kappa shape index (κ1) is 30.6. The number of hydrogen-bond donors (Lipinski definition) is 1. The lowest BCUT2D eigenvalue weighted by Crippen LogP contribution is -2.44. The largest absolute Gasteiger partial charge is 0.375 e. The molecule has 8 heteroatoms. The molecule has 3 heterocycles. The SMILES string of the molecule is CC1(C)C[C@@H](n2c(SCc3nc4c(c(=O)[nH]3)C3(CCCC3)Cc3ccccc3-4)nc3c(c2=O)C2(CCCC2)Cc2ccccc2-3)CCO1. The summed E-state index contributed by atoms with van der Waals surface area (Å²) in [4.78, 5) is 42.9. The molecule has 3 fully saturated rings. The minimum atomic E-state index is -0.327. The van der Waals surface area contributed by atoms with Gasteiger partial charge in [0.15, 0.2) is 5.16 Å². The second-order valence-electron chi connectivity index (χ2n) is 15.7. The maximum atomic E-state index is 15.0. The van der Waals surface area contributed by atoms with Crippen LogP contribution >= 0.6 is 11.8 Å². The molecule has 2 aromatic heterocycles. The van der Waals surface area contributed by atoms with E-state index in [1.165, 1.54) is 22.9 Å². The number of ether oxygens (including phenoxy) is 1. The lowest BCUT2D eigenvalue weighted by atomic mass is 9.68. The van der Waals surface area contributed by atoms with Crippen LogP contribution in [-0.4, -0.2) is 31.7 Å². The Morgan fingerprint density at radius 1 is 0.833 bits per heavy atom. The molecule has 2 aromatic carbocycles. The van der Waals surface area contributed by atoms with Gasteiger partial charge in [-0.1, -0.05) is 86.0 Å². The molecule has 7 nitrogen and oxygen atoms in total. The van der Waals surface area contributed by atoms with E-state index in [0.29, 0.717) is 23.3 Å². The van der Waals surface area contributed by atoms with Gasteiger partial charge in [-0.05, 0) is 76.3 Å². The third-order valence-corrected chi connectivity index (χ3v) is 13.2. The van der Waals surface area contributed by atoms with Crippen LogP contribution in [0.1, 0.15) is 112 Å². The van der Waals surface area contributed by atoms with E-state index in [1.54, 1.807) is 0 Å². The fourth-order valence-corrected chi connectivity index (χ4v) is 11.0. The maximum absolute atomic E-state index is 15.0. The van der Waals surface area contributed by atoms with Gasteiger partial charge in [0.2, 0.25) is 0 Å². The highest BCUT2D eigenvalue weighted by Gasteiger charge is 2.46. The molecule has 9 rings (SSSR count). The van der Waals surface area contributed by atoms with Crippen LogP contribution in [0.4, 0.5) is 0 Å². The van der Waals surface area contributed by atoms with Crippen LogP contribution < -0.4 is 11.1 Å². The Labute approximate surface area is 286 Å². The van der Waals surface area contributed by atoms with Crippen molar-refractivity contribution < 1.29 is 4.74 Å². The zero-order valence-corrected chi connectivity index (χ0v) is 28.9. The predicted octanol–water partition coefficient (Wildman–Crippen LogP) is 7.82. The van der Waals surface area contributed by atoms with Crippen molar-refractivity contribution in [1.29, 1.82) is 0 Å². The molecule has 4 aromatic rings. The van der Waals surface area contributed by atoms with Gasteiger partial charge in [0.1, 0.15) is 5.82 Å². The van der Waals surface area contributed by atoms with E-state index < -0.39 is 0 Å². The first-order valence-corrected chi connectivity index (χ1v) is 19.0. The van der Waals surface area contributed by atoms with E-state index in [1.807, 2.05) is 10.6 Å². The lowest BCUT2D eigenvalue weighted by Gasteiger charge is -2.40. The first-order chi connectivity index (χ1) is 23.3. The van der Waals surface area contributed by atoms with Gasteiger partial charge in [0, 0.05) is 34.6 Å². The summed E-state index contributed by atoms with van der Waals surface area (Å²) >= 11 is 1.53. The van der Waals surface area contributed by atoms with Crippen molar-refractivity contribution in [3.8, 4) is 22.5 Å². The fraction of sp³-hybridized carbons (Fsp3) is 0.500. The van der Waals surface area contributed by atoms with Crippen LogP contribution in [0.5, 0.6) is 0 Å². The Morgan fingerprint density at radius 3 is 2.04 bits per heavy atom. The predicted molar refractivity (Wildman–Crippen MR) is 190 cm³/mol. The van der Waals surface area contributed by atoms with Crippen molar-refractivity contribution in [2.75, 3.05) is 6.61 Å². The summed E-state index contributed by atoms with van der Waals surface area (Å²) in [5.74, 6) is 1.05. The summed E-state index contributed by atoms with van der Waals surface area (Å²) in [5, 5.41) is 0.708. The van der Waals surface area contributed by atoms with Crippen LogP contribution in [0, 0.1) is 0 Å². The Hall–Kier alpha value is -3.49. The van der Waals surface area contributed by atoms with E-state index in [0.717, 1.165) is 111 Å². The number of H-pyrrole nitrogens is 1. The zero-order chi connectivity index (χ0) is 32.7. The topological polar surface area (TPSA) is 89.9 Å². The van der Waals surface area contributed by atoms with Crippen LogP contribution in [0.25, 0.3) is 22.5 Å². The third kappa shape index (κ3) is 4.80. The van der Waals surface area contributed by atoms with Crippen molar-refractivity contribution in [3.05, 3.63) is 97.3 Å². The van der Waals surface area contributed by atoms with Gasteiger partial charge in [-0.3, -0.25) is 14.2 Å². The van der Waals surface area contributed by atoms with E-state index >= 15 is 4.79 Å².